The Balaban J connectivity index is 3.48. The summed E-state index contributed by atoms with van der Waals surface area (Å²) in [5, 5.41) is 11.6. The summed E-state index contributed by atoms with van der Waals surface area (Å²) >= 11 is 5.32. The van der Waals surface area contributed by atoms with Crippen LogP contribution in [0.2, 0.25) is 0 Å². The van der Waals surface area contributed by atoms with Crippen LogP contribution in [-0.4, -0.2) is 10.2 Å². The van der Waals surface area contributed by atoms with Crippen molar-refractivity contribution < 1.29 is 9.84 Å². The Labute approximate surface area is 179 Å². The van der Waals surface area contributed by atoms with Gasteiger partial charge in [-0.15, -0.1) is 0 Å². The quantitative estimate of drug-likeness (QED) is 0.443. The largest absolute Gasteiger partial charge is 0.507 e. The van der Waals surface area contributed by atoms with Crippen LogP contribution in [0.3, 0.4) is 0 Å². The molecule has 0 amide bonds. The maximum atomic E-state index is 11.0. The fraction of sp³-hybridized carbons (Fsp3) is 0.720. The van der Waals surface area contributed by atoms with Gasteiger partial charge < -0.3 is 9.84 Å². The van der Waals surface area contributed by atoms with Gasteiger partial charge >= 0.3 is 0 Å². The molecule has 1 aromatic carbocycles. The zero-order valence-corrected chi connectivity index (χ0v) is 20.4. The van der Waals surface area contributed by atoms with Gasteiger partial charge in [0.05, 0.1) is 0 Å². The molecule has 1 N–H and O–H groups in total. The van der Waals surface area contributed by atoms with Crippen LogP contribution in [0.5, 0.6) is 5.75 Å². The lowest BCUT2D eigenvalue weighted by Crippen LogP contribution is -2.20. The van der Waals surface area contributed by atoms with E-state index in [1.165, 1.54) is 19.3 Å². The number of thiocarbonyl (C=S) groups is 1. The van der Waals surface area contributed by atoms with E-state index in [9.17, 15) is 5.11 Å². The summed E-state index contributed by atoms with van der Waals surface area (Å²) < 4.78 is 6.17. The summed E-state index contributed by atoms with van der Waals surface area (Å²) in [6.07, 6.45) is 5.73. The molecule has 2 atom stereocenters. The van der Waals surface area contributed by atoms with Crippen molar-refractivity contribution in [1.82, 2.24) is 0 Å². The molecule has 0 heterocycles. The molecule has 1 rings (SSSR count). The highest BCUT2D eigenvalue weighted by Crippen LogP contribution is 2.42. The van der Waals surface area contributed by atoms with Gasteiger partial charge in [-0.1, -0.05) is 81.1 Å². The third kappa shape index (κ3) is 7.06. The highest BCUT2D eigenvalue weighted by atomic mass is 32.1. The van der Waals surface area contributed by atoms with Crippen LogP contribution >= 0.6 is 12.2 Å². The standard InChI is InChI=1S/C25H42O2S/c1-10-12-13-18(11-2)14-22(27-17(3)28)19-15-20(24(4,5)6)23(26)21(16-19)25(7,8)9/h15-16,18,22,26H,10-14H2,1-9H3. The van der Waals surface area contributed by atoms with Crippen molar-refractivity contribution >= 4 is 17.3 Å². The highest BCUT2D eigenvalue weighted by molar-refractivity contribution is 7.80. The fourth-order valence-corrected chi connectivity index (χ4v) is 3.84. The van der Waals surface area contributed by atoms with Crippen molar-refractivity contribution in [3.63, 3.8) is 0 Å². The summed E-state index contributed by atoms with van der Waals surface area (Å²) in [5.74, 6) is 1.03. The zero-order chi connectivity index (χ0) is 21.7. The summed E-state index contributed by atoms with van der Waals surface area (Å²) in [4.78, 5) is 0. The van der Waals surface area contributed by atoms with Crippen LogP contribution in [0.25, 0.3) is 0 Å². The molecule has 0 aliphatic heterocycles. The normalized spacial score (nSPS) is 14.6. The van der Waals surface area contributed by atoms with E-state index < -0.39 is 0 Å². The van der Waals surface area contributed by atoms with E-state index in [1.807, 2.05) is 6.92 Å². The zero-order valence-electron chi connectivity index (χ0n) is 19.6. The molecule has 2 nitrogen and oxygen atoms in total. The van der Waals surface area contributed by atoms with Gasteiger partial charge in [0.25, 0.3) is 0 Å². The Morgan fingerprint density at radius 3 is 1.89 bits per heavy atom. The summed E-state index contributed by atoms with van der Waals surface area (Å²) in [6, 6.07) is 4.28. The monoisotopic (exact) mass is 406 g/mol. The lowest BCUT2D eigenvalue weighted by atomic mass is 9.77. The first kappa shape index (κ1) is 24.9. The van der Waals surface area contributed by atoms with Gasteiger partial charge in [0.1, 0.15) is 11.9 Å². The maximum Gasteiger partial charge on any atom is 0.157 e. The van der Waals surface area contributed by atoms with E-state index in [0.717, 1.165) is 29.5 Å². The van der Waals surface area contributed by atoms with E-state index in [-0.39, 0.29) is 16.9 Å². The number of hydrogen-bond donors (Lipinski definition) is 1. The van der Waals surface area contributed by atoms with Gasteiger partial charge in [-0.2, -0.15) is 0 Å². The number of benzene rings is 1. The predicted molar refractivity (Wildman–Crippen MR) is 126 cm³/mol. The molecule has 28 heavy (non-hydrogen) atoms. The summed E-state index contributed by atoms with van der Waals surface area (Å²) in [5.41, 5.74) is 2.79. The highest BCUT2D eigenvalue weighted by Gasteiger charge is 2.29. The number of aromatic hydroxyl groups is 1. The van der Waals surface area contributed by atoms with Gasteiger partial charge in [-0.05, 0) is 64.2 Å². The number of phenols is 1. The van der Waals surface area contributed by atoms with E-state index in [2.05, 4.69) is 67.5 Å². The number of hydrogen-bond acceptors (Lipinski definition) is 3. The molecule has 0 aliphatic carbocycles. The second-order valence-corrected chi connectivity index (χ2v) is 10.8. The molecule has 1 aromatic rings. The SMILES string of the molecule is CCCCC(CC)CC(OC(C)=S)c1cc(C(C)(C)C)c(O)c(C(C)(C)C)c1. The molecule has 0 aromatic heterocycles. The Hall–Kier alpha value is -1.09. The molecule has 0 saturated heterocycles. The van der Waals surface area contributed by atoms with E-state index >= 15 is 0 Å². The van der Waals surface area contributed by atoms with Crippen molar-refractivity contribution in [2.75, 3.05) is 0 Å². The molecule has 0 saturated carbocycles. The first-order chi connectivity index (χ1) is 12.8. The van der Waals surface area contributed by atoms with Crippen LogP contribution in [-0.2, 0) is 15.6 Å². The van der Waals surface area contributed by atoms with Crippen LogP contribution < -0.4 is 0 Å². The summed E-state index contributed by atoms with van der Waals surface area (Å²) in [7, 11) is 0. The van der Waals surface area contributed by atoms with Crippen LogP contribution in [0.15, 0.2) is 12.1 Å². The van der Waals surface area contributed by atoms with Gasteiger partial charge in [-0.25, -0.2) is 0 Å². The predicted octanol–water partition coefficient (Wildman–Crippen LogP) is 8.00. The molecule has 0 radical (unpaired) electrons. The Bertz CT molecular complexity index is 614. The van der Waals surface area contributed by atoms with Crippen LogP contribution in [0.1, 0.15) is 117 Å². The van der Waals surface area contributed by atoms with Gasteiger partial charge in [0, 0.05) is 6.92 Å². The lowest BCUT2D eigenvalue weighted by Gasteiger charge is -2.31. The van der Waals surface area contributed by atoms with Crippen molar-refractivity contribution in [3.05, 3.63) is 28.8 Å². The van der Waals surface area contributed by atoms with Crippen molar-refractivity contribution in [3.8, 4) is 5.75 Å². The second-order valence-electron chi connectivity index (χ2n) is 10.2. The van der Waals surface area contributed by atoms with Crippen LogP contribution in [0.4, 0.5) is 0 Å². The number of phenolic OH excluding ortho intramolecular Hbond substituents is 1. The fourth-order valence-electron chi connectivity index (χ4n) is 3.72. The molecular weight excluding hydrogens is 364 g/mol. The molecule has 0 spiro atoms. The number of unbranched alkanes of at least 4 members (excludes halogenated alkanes) is 1. The molecule has 3 heteroatoms. The van der Waals surface area contributed by atoms with Crippen molar-refractivity contribution in [1.29, 1.82) is 0 Å². The molecule has 2 unspecified atom stereocenters. The van der Waals surface area contributed by atoms with Gasteiger partial charge in [-0.3, -0.25) is 0 Å². The molecule has 160 valence electrons. The third-order valence-electron chi connectivity index (χ3n) is 5.52. The minimum absolute atomic E-state index is 0.0675. The van der Waals surface area contributed by atoms with Gasteiger partial charge in [0.15, 0.2) is 5.05 Å². The summed E-state index contributed by atoms with van der Waals surface area (Å²) in [6.45, 7) is 19.2. The van der Waals surface area contributed by atoms with E-state index in [0.29, 0.717) is 16.7 Å². The molecule has 0 aliphatic rings. The average Bonchev–Trinajstić information content (AvgIpc) is 2.55. The third-order valence-corrected chi connectivity index (χ3v) is 5.62. The smallest absolute Gasteiger partial charge is 0.157 e. The number of ether oxygens (including phenoxy) is 1. The maximum absolute atomic E-state index is 11.0. The van der Waals surface area contributed by atoms with Crippen molar-refractivity contribution in [2.45, 2.75) is 111 Å². The van der Waals surface area contributed by atoms with E-state index in [1.54, 1.807) is 0 Å². The average molecular weight is 407 g/mol. The Kier molecular flexibility index (Phi) is 8.99. The topological polar surface area (TPSA) is 29.5 Å². The minimum atomic E-state index is -0.149. The van der Waals surface area contributed by atoms with E-state index in [4.69, 9.17) is 17.0 Å². The second kappa shape index (κ2) is 10.1. The first-order valence-electron chi connectivity index (χ1n) is 10.9. The van der Waals surface area contributed by atoms with Crippen molar-refractivity contribution in [2.24, 2.45) is 5.92 Å². The molecular formula is C25H42O2S. The van der Waals surface area contributed by atoms with Gasteiger partial charge in [0.2, 0.25) is 0 Å². The van der Waals surface area contributed by atoms with Crippen LogP contribution in [0, 0.1) is 5.92 Å². The first-order valence-corrected chi connectivity index (χ1v) is 11.3. The Morgan fingerprint density at radius 2 is 1.54 bits per heavy atom. The number of rotatable bonds is 8. The molecule has 0 bridgehead atoms. The molecule has 0 fully saturated rings. The lowest BCUT2D eigenvalue weighted by molar-refractivity contribution is 0.154. The minimum Gasteiger partial charge on any atom is -0.507 e. The Morgan fingerprint density at radius 1 is 1.04 bits per heavy atom.